The van der Waals surface area contributed by atoms with E-state index >= 15 is 0 Å². The molecule has 0 spiro atoms. The van der Waals surface area contributed by atoms with Crippen molar-refractivity contribution in [3.63, 3.8) is 0 Å². The third-order valence-electron chi connectivity index (χ3n) is 6.78. The van der Waals surface area contributed by atoms with Crippen molar-refractivity contribution in [3.8, 4) is 22.5 Å². The molecule has 2 aromatic heterocycles. The van der Waals surface area contributed by atoms with Crippen LogP contribution in [0.5, 0.6) is 0 Å². The highest BCUT2D eigenvalue weighted by molar-refractivity contribution is 5.95. The maximum atomic E-state index is 12.4. The first-order valence-corrected chi connectivity index (χ1v) is 13.0. The van der Waals surface area contributed by atoms with Gasteiger partial charge < -0.3 is 20.1 Å². The van der Waals surface area contributed by atoms with E-state index in [0.717, 1.165) is 60.5 Å². The highest BCUT2D eigenvalue weighted by Gasteiger charge is 2.24. The lowest BCUT2D eigenvalue weighted by atomic mass is 10.1. The van der Waals surface area contributed by atoms with Gasteiger partial charge in [-0.3, -0.25) is 9.20 Å². The molecule has 6 rings (SSSR count). The fraction of sp³-hybridized carbons (Fsp3) is 0.345. The first-order valence-electron chi connectivity index (χ1n) is 13.0. The van der Waals surface area contributed by atoms with E-state index in [1.165, 1.54) is 0 Å². The molecule has 2 aromatic carbocycles. The fourth-order valence-corrected chi connectivity index (χ4v) is 4.59. The zero-order chi connectivity index (χ0) is 25.0. The Hall–Kier alpha value is -3.75. The van der Waals surface area contributed by atoms with E-state index in [9.17, 15) is 4.79 Å². The number of nitrogens with zero attached hydrogens (tertiary/aromatic N) is 3. The maximum absolute atomic E-state index is 12.4. The van der Waals surface area contributed by atoms with Gasteiger partial charge in [0.1, 0.15) is 0 Å². The number of imidazole rings is 1. The molecule has 2 fully saturated rings. The van der Waals surface area contributed by atoms with Gasteiger partial charge in [0.2, 0.25) is 0 Å². The molecule has 1 unspecified atom stereocenters. The van der Waals surface area contributed by atoms with Crippen molar-refractivity contribution >= 4 is 17.4 Å². The quantitative estimate of drug-likeness (QED) is 0.312. The summed E-state index contributed by atoms with van der Waals surface area (Å²) in [5.41, 5.74) is 5.18. The summed E-state index contributed by atoms with van der Waals surface area (Å²) in [7, 11) is 0. The second-order valence-electron chi connectivity index (χ2n) is 9.64. The van der Waals surface area contributed by atoms with Gasteiger partial charge in [-0.25, -0.2) is 9.97 Å². The summed E-state index contributed by atoms with van der Waals surface area (Å²) in [5, 5.41) is 6.46. The van der Waals surface area contributed by atoms with Gasteiger partial charge in [0, 0.05) is 42.1 Å². The van der Waals surface area contributed by atoms with Crippen LogP contribution in [-0.4, -0.2) is 58.8 Å². The van der Waals surface area contributed by atoms with Gasteiger partial charge >= 0.3 is 0 Å². The van der Waals surface area contributed by atoms with E-state index in [0.29, 0.717) is 37.2 Å². The van der Waals surface area contributed by atoms with Crippen LogP contribution in [0.15, 0.2) is 67.0 Å². The second-order valence-corrected chi connectivity index (χ2v) is 9.64. The van der Waals surface area contributed by atoms with Crippen LogP contribution < -0.4 is 10.6 Å². The summed E-state index contributed by atoms with van der Waals surface area (Å²) < 4.78 is 13.5. The number of amides is 1. The van der Waals surface area contributed by atoms with Gasteiger partial charge in [-0.1, -0.05) is 42.5 Å². The molecule has 1 saturated heterocycles. The van der Waals surface area contributed by atoms with Crippen LogP contribution in [0.4, 0.5) is 5.82 Å². The molecule has 1 atom stereocenters. The van der Waals surface area contributed by atoms with E-state index < -0.39 is 0 Å². The largest absolute Gasteiger partial charge is 0.377 e. The highest BCUT2D eigenvalue weighted by atomic mass is 16.5. The SMILES string of the molecule is O=C(NC1CC1)c1ccc(-c2cnc3c(NCCOCC4CCCO4)nc(-c4ccccc4)cn23)cc1. The maximum Gasteiger partial charge on any atom is 0.251 e. The summed E-state index contributed by atoms with van der Waals surface area (Å²) >= 11 is 0. The molecule has 0 bridgehead atoms. The third kappa shape index (κ3) is 5.50. The smallest absolute Gasteiger partial charge is 0.251 e. The van der Waals surface area contributed by atoms with Crippen LogP contribution in [0.2, 0.25) is 0 Å². The minimum Gasteiger partial charge on any atom is -0.377 e. The zero-order valence-corrected chi connectivity index (χ0v) is 20.7. The molecule has 8 nitrogen and oxygen atoms in total. The Morgan fingerprint density at radius 3 is 2.65 bits per heavy atom. The Balaban J connectivity index is 1.25. The number of hydrogen-bond donors (Lipinski definition) is 2. The Labute approximate surface area is 216 Å². The molecule has 2 aliphatic rings. The summed E-state index contributed by atoms with van der Waals surface area (Å²) in [6.45, 7) is 2.62. The van der Waals surface area contributed by atoms with Crippen LogP contribution in [-0.2, 0) is 9.47 Å². The lowest BCUT2D eigenvalue weighted by Crippen LogP contribution is -2.25. The standard InChI is InChI=1S/C29H31N5O3/c35-29(32-23-12-13-23)22-10-8-21(9-11-22)26-17-31-28-27(30-14-16-36-19-24-7-4-15-37-24)33-25(18-34(26)28)20-5-2-1-3-6-20/h1-3,5-6,8-11,17-18,23-24H,4,7,12-16,19H2,(H,30,33)(H,32,35). The van der Waals surface area contributed by atoms with Crippen molar-refractivity contribution in [2.24, 2.45) is 0 Å². The fourth-order valence-electron chi connectivity index (χ4n) is 4.59. The molecular weight excluding hydrogens is 466 g/mol. The summed E-state index contributed by atoms with van der Waals surface area (Å²) in [6, 6.07) is 18.1. The number of anilines is 1. The molecular formula is C29H31N5O3. The van der Waals surface area contributed by atoms with Crippen LogP contribution in [0.3, 0.4) is 0 Å². The van der Waals surface area contributed by atoms with Crippen LogP contribution in [0.25, 0.3) is 28.2 Å². The minimum absolute atomic E-state index is 0.0176. The molecule has 1 aliphatic heterocycles. The van der Waals surface area contributed by atoms with Crippen LogP contribution >= 0.6 is 0 Å². The molecule has 1 saturated carbocycles. The van der Waals surface area contributed by atoms with Crippen LogP contribution in [0.1, 0.15) is 36.0 Å². The summed E-state index contributed by atoms with van der Waals surface area (Å²) in [4.78, 5) is 22.0. The molecule has 0 radical (unpaired) electrons. The van der Waals surface area contributed by atoms with Gasteiger partial charge in [0.05, 0.1) is 36.9 Å². The Morgan fingerprint density at radius 1 is 1.05 bits per heavy atom. The lowest BCUT2D eigenvalue weighted by Gasteiger charge is -2.13. The Morgan fingerprint density at radius 2 is 1.89 bits per heavy atom. The average molecular weight is 498 g/mol. The van der Waals surface area contributed by atoms with Crippen molar-refractivity contribution in [2.45, 2.75) is 37.8 Å². The number of carbonyl (C=O) groups excluding carboxylic acids is 1. The van der Waals surface area contributed by atoms with Crippen molar-refractivity contribution < 1.29 is 14.3 Å². The van der Waals surface area contributed by atoms with Gasteiger partial charge in [0.15, 0.2) is 11.5 Å². The van der Waals surface area contributed by atoms with Crippen molar-refractivity contribution in [2.75, 3.05) is 31.7 Å². The van der Waals surface area contributed by atoms with E-state index in [1.807, 2.05) is 67.0 Å². The van der Waals surface area contributed by atoms with E-state index in [1.54, 1.807) is 0 Å². The monoisotopic (exact) mass is 497 g/mol. The number of aromatic nitrogens is 3. The van der Waals surface area contributed by atoms with Crippen molar-refractivity contribution in [1.82, 2.24) is 19.7 Å². The van der Waals surface area contributed by atoms with Crippen LogP contribution in [0, 0.1) is 0 Å². The highest BCUT2D eigenvalue weighted by Crippen LogP contribution is 2.28. The average Bonchev–Trinajstić information content (AvgIpc) is 3.41. The summed E-state index contributed by atoms with van der Waals surface area (Å²) in [6.07, 6.45) is 8.40. The molecule has 1 amide bonds. The molecule has 4 aromatic rings. The lowest BCUT2D eigenvalue weighted by molar-refractivity contribution is 0.0206. The van der Waals surface area contributed by atoms with Crippen molar-refractivity contribution in [3.05, 3.63) is 72.6 Å². The van der Waals surface area contributed by atoms with Gasteiger partial charge in [-0.2, -0.15) is 0 Å². The second kappa shape index (κ2) is 10.7. The van der Waals surface area contributed by atoms with E-state index in [-0.39, 0.29) is 12.0 Å². The number of hydrogen-bond acceptors (Lipinski definition) is 6. The number of fused-ring (bicyclic) bond motifs is 1. The minimum atomic E-state index is -0.0176. The first-order chi connectivity index (χ1) is 18.2. The molecule has 8 heteroatoms. The zero-order valence-electron chi connectivity index (χ0n) is 20.7. The molecule has 2 N–H and O–H groups in total. The third-order valence-corrected chi connectivity index (χ3v) is 6.78. The number of carbonyl (C=O) groups is 1. The van der Waals surface area contributed by atoms with Crippen molar-refractivity contribution in [1.29, 1.82) is 0 Å². The molecule has 37 heavy (non-hydrogen) atoms. The molecule has 190 valence electrons. The first kappa shape index (κ1) is 23.6. The van der Waals surface area contributed by atoms with E-state index in [2.05, 4.69) is 15.0 Å². The Kier molecular flexibility index (Phi) is 6.84. The number of ether oxygens (including phenoxy) is 2. The summed E-state index contributed by atoms with van der Waals surface area (Å²) in [5.74, 6) is 0.685. The normalized spacial score (nSPS) is 17.2. The predicted molar refractivity (Wildman–Crippen MR) is 143 cm³/mol. The Bertz CT molecular complexity index is 1360. The van der Waals surface area contributed by atoms with Gasteiger partial charge in [0.25, 0.3) is 5.91 Å². The van der Waals surface area contributed by atoms with Gasteiger partial charge in [-0.15, -0.1) is 0 Å². The molecule has 1 aliphatic carbocycles. The molecule has 3 heterocycles. The van der Waals surface area contributed by atoms with Gasteiger partial charge in [-0.05, 0) is 37.8 Å². The number of nitrogens with one attached hydrogen (secondary N) is 2. The van der Waals surface area contributed by atoms with E-state index in [4.69, 9.17) is 19.4 Å². The predicted octanol–water partition coefficient (Wildman–Crippen LogP) is 4.56. The number of benzene rings is 2. The number of rotatable bonds is 10. The topological polar surface area (TPSA) is 89.8 Å².